The first kappa shape index (κ1) is 16.4. The van der Waals surface area contributed by atoms with Crippen LogP contribution in [0.25, 0.3) is 0 Å². The van der Waals surface area contributed by atoms with Crippen molar-refractivity contribution in [3.05, 3.63) is 0 Å². The summed E-state index contributed by atoms with van der Waals surface area (Å²) in [6.07, 6.45) is 1.31. The molecule has 1 aliphatic rings. The van der Waals surface area contributed by atoms with Crippen molar-refractivity contribution in [3.63, 3.8) is 0 Å². The first-order chi connectivity index (χ1) is 8.57. The molecule has 0 spiro atoms. The number of nitrogens with two attached hydrogens (primary N) is 1. The highest BCUT2D eigenvalue weighted by atomic mass is 32.1. The van der Waals surface area contributed by atoms with Crippen LogP contribution in [0.15, 0.2) is 0 Å². The van der Waals surface area contributed by atoms with Crippen molar-refractivity contribution in [3.8, 4) is 0 Å². The number of hydrogen-bond acceptors (Lipinski definition) is 2. The molecule has 4 heteroatoms. The fourth-order valence-electron chi connectivity index (χ4n) is 3.24. The summed E-state index contributed by atoms with van der Waals surface area (Å²) in [5.74, 6) is 0.505. The summed E-state index contributed by atoms with van der Waals surface area (Å²) in [5.41, 5.74) is 5.68. The average Bonchev–Trinajstić information content (AvgIpc) is 2.68. The van der Waals surface area contributed by atoms with Crippen LogP contribution < -0.4 is 11.1 Å². The number of rotatable bonds is 6. The Hall–Kier alpha value is -0.640. The molecule has 0 bridgehead atoms. The second-order valence-electron chi connectivity index (χ2n) is 6.86. The first-order valence-corrected chi connectivity index (χ1v) is 7.57. The van der Waals surface area contributed by atoms with E-state index in [4.69, 9.17) is 18.0 Å². The Morgan fingerprint density at radius 3 is 1.89 bits per heavy atom. The molecule has 1 amide bonds. The molecule has 1 fully saturated rings. The summed E-state index contributed by atoms with van der Waals surface area (Å²) in [7, 11) is 0. The minimum absolute atomic E-state index is 0.0106. The van der Waals surface area contributed by atoms with Crippen molar-refractivity contribution in [2.45, 2.75) is 54.4 Å². The molecular formula is C15H28N2OS. The molecule has 0 aromatic heterocycles. The van der Waals surface area contributed by atoms with Crippen LogP contribution in [0.2, 0.25) is 0 Å². The van der Waals surface area contributed by atoms with Crippen LogP contribution in [0.4, 0.5) is 0 Å². The number of carbonyl (C=O) groups excluding carboxylic acids is 1. The van der Waals surface area contributed by atoms with Crippen LogP contribution in [0.1, 0.15) is 54.4 Å². The Bertz CT molecular complexity index is 370. The van der Waals surface area contributed by atoms with Crippen molar-refractivity contribution in [1.29, 1.82) is 0 Å². The van der Waals surface area contributed by atoms with Gasteiger partial charge in [-0.2, -0.15) is 0 Å². The normalized spacial score (nSPS) is 20.9. The zero-order chi connectivity index (χ0) is 15.1. The Morgan fingerprint density at radius 1 is 1.21 bits per heavy atom. The molecule has 0 aromatic carbocycles. The van der Waals surface area contributed by atoms with Gasteiger partial charge in [0.05, 0.1) is 10.4 Å². The smallest absolute Gasteiger partial charge is 0.233 e. The maximum absolute atomic E-state index is 12.4. The molecule has 3 nitrogen and oxygen atoms in total. The van der Waals surface area contributed by atoms with E-state index < -0.39 is 5.41 Å². The van der Waals surface area contributed by atoms with Gasteiger partial charge in [-0.15, -0.1) is 0 Å². The maximum atomic E-state index is 12.4. The zero-order valence-electron chi connectivity index (χ0n) is 13.1. The molecular weight excluding hydrogens is 256 g/mol. The lowest BCUT2D eigenvalue weighted by Crippen LogP contribution is -2.48. The topological polar surface area (TPSA) is 55.1 Å². The minimum Gasteiger partial charge on any atom is -0.392 e. The van der Waals surface area contributed by atoms with E-state index in [9.17, 15) is 4.79 Å². The van der Waals surface area contributed by atoms with Crippen molar-refractivity contribution in [2.24, 2.45) is 27.9 Å². The maximum Gasteiger partial charge on any atom is 0.233 e. The van der Waals surface area contributed by atoms with Gasteiger partial charge in [0.2, 0.25) is 5.91 Å². The molecule has 1 saturated carbocycles. The third-order valence-electron chi connectivity index (χ3n) is 5.90. The van der Waals surface area contributed by atoms with E-state index in [1.165, 1.54) is 0 Å². The fourth-order valence-corrected chi connectivity index (χ4v) is 3.62. The summed E-state index contributed by atoms with van der Waals surface area (Å²) in [4.78, 5) is 12.8. The Labute approximate surface area is 122 Å². The molecule has 0 unspecified atom stereocenters. The van der Waals surface area contributed by atoms with E-state index in [-0.39, 0.29) is 16.7 Å². The summed E-state index contributed by atoms with van der Waals surface area (Å²) < 4.78 is 0. The molecule has 0 aliphatic heterocycles. The Kier molecular flexibility index (Phi) is 4.35. The Balaban J connectivity index is 2.69. The van der Waals surface area contributed by atoms with Gasteiger partial charge in [0.25, 0.3) is 0 Å². The largest absolute Gasteiger partial charge is 0.392 e. The van der Waals surface area contributed by atoms with Crippen molar-refractivity contribution in [2.75, 3.05) is 6.54 Å². The van der Waals surface area contributed by atoms with Crippen molar-refractivity contribution in [1.82, 2.24) is 5.32 Å². The number of carbonyl (C=O) groups is 1. The third kappa shape index (κ3) is 2.39. The van der Waals surface area contributed by atoms with Gasteiger partial charge in [0.1, 0.15) is 0 Å². The standard InChI is InChI=1S/C15H28N2OS/c1-7-15(8-2,11(16)19)12(18)17-9-10-13(3,4)14(10,5)6/h10H,7-9H2,1-6H3,(H2,16,19)(H,17,18). The second-order valence-corrected chi connectivity index (χ2v) is 7.30. The summed E-state index contributed by atoms with van der Waals surface area (Å²) in [6.45, 7) is 13.7. The predicted octanol–water partition coefficient (Wildman–Crippen LogP) is 2.88. The van der Waals surface area contributed by atoms with Gasteiger partial charge in [0.15, 0.2) is 0 Å². The Morgan fingerprint density at radius 2 is 1.63 bits per heavy atom. The van der Waals surface area contributed by atoms with Gasteiger partial charge < -0.3 is 11.1 Å². The highest BCUT2D eigenvalue weighted by molar-refractivity contribution is 7.80. The van der Waals surface area contributed by atoms with E-state index in [2.05, 4.69) is 33.0 Å². The van der Waals surface area contributed by atoms with Crippen molar-refractivity contribution >= 4 is 23.1 Å². The van der Waals surface area contributed by atoms with Gasteiger partial charge in [-0.1, -0.05) is 53.8 Å². The lowest BCUT2D eigenvalue weighted by Gasteiger charge is -2.29. The molecule has 110 valence electrons. The number of hydrogen-bond donors (Lipinski definition) is 2. The van der Waals surface area contributed by atoms with E-state index in [1.807, 2.05) is 13.8 Å². The molecule has 0 saturated heterocycles. The van der Waals surface area contributed by atoms with Crippen molar-refractivity contribution < 1.29 is 4.79 Å². The summed E-state index contributed by atoms with van der Waals surface area (Å²) >= 11 is 5.11. The SMILES string of the molecule is CCC(CC)(C(=O)NCC1C(C)(C)C1(C)C)C(N)=S. The minimum atomic E-state index is -0.682. The van der Waals surface area contributed by atoms with Gasteiger partial charge in [-0.05, 0) is 29.6 Å². The molecule has 1 rings (SSSR count). The summed E-state index contributed by atoms with van der Waals surface area (Å²) in [5, 5.41) is 3.07. The van der Waals surface area contributed by atoms with Gasteiger partial charge in [-0.25, -0.2) is 0 Å². The quantitative estimate of drug-likeness (QED) is 0.737. The number of nitrogens with one attached hydrogen (secondary N) is 1. The monoisotopic (exact) mass is 284 g/mol. The van der Waals surface area contributed by atoms with Crippen LogP contribution in [0.3, 0.4) is 0 Å². The molecule has 3 N–H and O–H groups in total. The zero-order valence-corrected chi connectivity index (χ0v) is 13.9. The third-order valence-corrected chi connectivity index (χ3v) is 6.29. The van der Waals surface area contributed by atoms with Gasteiger partial charge in [0, 0.05) is 6.54 Å². The van der Waals surface area contributed by atoms with Crippen LogP contribution in [0.5, 0.6) is 0 Å². The lowest BCUT2D eigenvalue weighted by atomic mass is 9.81. The van der Waals surface area contributed by atoms with E-state index >= 15 is 0 Å². The van der Waals surface area contributed by atoms with Crippen LogP contribution >= 0.6 is 12.2 Å². The fraction of sp³-hybridized carbons (Fsp3) is 0.867. The number of amides is 1. The van der Waals surface area contributed by atoms with E-state index in [1.54, 1.807) is 0 Å². The number of thiocarbonyl (C=S) groups is 1. The highest BCUT2D eigenvalue weighted by Crippen LogP contribution is 2.67. The molecule has 19 heavy (non-hydrogen) atoms. The summed E-state index contributed by atoms with van der Waals surface area (Å²) in [6, 6.07) is 0. The molecule has 1 aliphatic carbocycles. The molecule has 0 aromatic rings. The average molecular weight is 284 g/mol. The molecule has 0 atom stereocenters. The highest BCUT2D eigenvalue weighted by Gasteiger charge is 2.64. The molecule has 0 radical (unpaired) electrons. The van der Waals surface area contributed by atoms with E-state index in [0.29, 0.717) is 30.3 Å². The first-order valence-electron chi connectivity index (χ1n) is 7.16. The van der Waals surface area contributed by atoms with Gasteiger partial charge in [-0.3, -0.25) is 4.79 Å². The van der Waals surface area contributed by atoms with E-state index in [0.717, 1.165) is 0 Å². The van der Waals surface area contributed by atoms with Gasteiger partial charge >= 0.3 is 0 Å². The second kappa shape index (κ2) is 5.04. The van der Waals surface area contributed by atoms with Crippen LogP contribution in [0, 0.1) is 22.2 Å². The predicted molar refractivity (Wildman–Crippen MR) is 83.9 cm³/mol. The lowest BCUT2D eigenvalue weighted by molar-refractivity contribution is -0.127. The molecule has 0 heterocycles. The van der Waals surface area contributed by atoms with Crippen LogP contribution in [-0.4, -0.2) is 17.4 Å². The van der Waals surface area contributed by atoms with Crippen LogP contribution in [-0.2, 0) is 4.79 Å².